The molecule has 0 saturated carbocycles. The van der Waals surface area contributed by atoms with E-state index in [1.165, 1.54) is 0 Å². The minimum absolute atomic E-state index is 0.160. The molecule has 7 heteroatoms. The van der Waals surface area contributed by atoms with Gasteiger partial charge in [0.25, 0.3) is 5.91 Å². The van der Waals surface area contributed by atoms with Crippen molar-refractivity contribution in [3.05, 3.63) is 24.0 Å². The summed E-state index contributed by atoms with van der Waals surface area (Å²) in [5.74, 6) is -0.946. The van der Waals surface area contributed by atoms with Crippen molar-refractivity contribution in [2.45, 2.75) is 6.30 Å². The maximum atomic E-state index is 12.0. The monoisotopic (exact) mass is 193 g/mol. The maximum Gasteiger partial charge on any atom is 0.502 e. The molecule has 0 saturated heterocycles. The van der Waals surface area contributed by atoms with E-state index in [1.807, 2.05) is 0 Å². The Morgan fingerprint density at radius 3 is 2.62 bits per heavy atom. The summed E-state index contributed by atoms with van der Waals surface area (Å²) in [4.78, 5) is 10.5. The average molecular weight is 193 g/mol. The minimum atomic E-state index is -4.58. The number of allylic oxidation sites excluding steroid dienone is 2. The first-order chi connectivity index (χ1) is 5.91. The highest BCUT2D eigenvalue weighted by Gasteiger charge is 2.37. The Bertz CT molecular complexity index is 281. The zero-order chi connectivity index (χ0) is 10.1. The molecule has 0 bridgehead atoms. The molecule has 0 aliphatic carbocycles. The summed E-state index contributed by atoms with van der Waals surface area (Å²) < 4.78 is 36.0. The molecule has 72 valence electrons. The fourth-order valence-corrected chi connectivity index (χ4v) is 0.715. The number of rotatable bonds is 1. The zero-order valence-corrected chi connectivity index (χ0v) is 6.30. The van der Waals surface area contributed by atoms with Gasteiger partial charge in [-0.25, -0.2) is 5.01 Å². The number of carbonyl (C=O) groups excluding carboxylic acids is 1. The number of nitrogens with zero attached hydrogens (tertiary/aromatic N) is 1. The van der Waals surface area contributed by atoms with Gasteiger partial charge in [-0.1, -0.05) is 0 Å². The SMILES string of the molecule is NC(=O)C1=CC=CN(C(F)(F)F)N1. The van der Waals surface area contributed by atoms with E-state index in [9.17, 15) is 18.0 Å². The van der Waals surface area contributed by atoms with Crippen molar-refractivity contribution in [2.24, 2.45) is 5.73 Å². The third-order valence-electron chi connectivity index (χ3n) is 1.28. The van der Waals surface area contributed by atoms with Crippen molar-refractivity contribution in [3.63, 3.8) is 0 Å². The van der Waals surface area contributed by atoms with Gasteiger partial charge < -0.3 is 5.73 Å². The number of halogens is 3. The lowest BCUT2D eigenvalue weighted by molar-refractivity contribution is -0.241. The van der Waals surface area contributed by atoms with Gasteiger partial charge >= 0.3 is 6.30 Å². The Kier molecular flexibility index (Phi) is 2.18. The first kappa shape index (κ1) is 9.43. The van der Waals surface area contributed by atoms with Crippen LogP contribution in [0.5, 0.6) is 0 Å². The molecule has 0 atom stereocenters. The second kappa shape index (κ2) is 3.00. The van der Waals surface area contributed by atoms with Crippen LogP contribution in [0.3, 0.4) is 0 Å². The van der Waals surface area contributed by atoms with E-state index >= 15 is 0 Å². The second-order valence-electron chi connectivity index (χ2n) is 2.24. The van der Waals surface area contributed by atoms with Gasteiger partial charge in [0.1, 0.15) is 5.70 Å². The number of alkyl halides is 3. The van der Waals surface area contributed by atoms with Gasteiger partial charge in [0, 0.05) is 6.20 Å². The Morgan fingerprint density at radius 2 is 2.15 bits per heavy atom. The Hall–Kier alpha value is -1.66. The molecule has 1 heterocycles. The van der Waals surface area contributed by atoms with Gasteiger partial charge in [-0.2, -0.15) is 0 Å². The average Bonchev–Trinajstić information content (AvgIpc) is 2.03. The molecule has 1 aliphatic rings. The van der Waals surface area contributed by atoms with Crippen molar-refractivity contribution in [3.8, 4) is 0 Å². The van der Waals surface area contributed by atoms with Crippen LogP contribution in [-0.4, -0.2) is 17.2 Å². The van der Waals surface area contributed by atoms with Crippen LogP contribution in [-0.2, 0) is 4.79 Å². The highest BCUT2D eigenvalue weighted by atomic mass is 19.4. The van der Waals surface area contributed by atoms with E-state index in [-0.39, 0.29) is 10.7 Å². The first-order valence-electron chi connectivity index (χ1n) is 3.22. The van der Waals surface area contributed by atoms with Crippen molar-refractivity contribution in [2.75, 3.05) is 0 Å². The highest BCUT2D eigenvalue weighted by Crippen LogP contribution is 2.21. The van der Waals surface area contributed by atoms with Gasteiger partial charge in [-0.05, 0) is 12.2 Å². The van der Waals surface area contributed by atoms with Crippen LogP contribution < -0.4 is 11.2 Å². The number of primary amides is 1. The molecular formula is C6H6F3N3O. The number of hydrogen-bond acceptors (Lipinski definition) is 3. The number of nitrogens with two attached hydrogens (primary N) is 1. The normalized spacial score (nSPS) is 16.5. The summed E-state index contributed by atoms with van der Waals surface area (Å²) in [6.45, 7) is 0. The molecule has 0 spiro atoms. The number of nitrogens with one attached hydrogen (secondary N) is 1. The van der Waals surface area contributed by atoms with Crippen LogP contribution in [0.25, 0.3) is 0 Å². The predicted octanol–water partition coefficient (Wildman–Crippen LogP) is 0.209. The van der Waals surface area contributed by atoms with Crippen molar-refractivity contribution in [1.82, 2.24) is 10.4 Å². The molecule has 0 fully saturated rings. The van der Waals surface area contributed by atoms with E-state index in [0.29, 0.717) is 0 Å². The van der Waals surface area contributed by atoms with Gasteiger partial charge in [0.2, 0.25) is 0 Å². The van der Waals surface area contributed by atoms with E-state index < -0.39 is 12.2 Å². The predicted molar refractivity (Wildman–Crippen MR) is 37.4 cm³/mol. The summed E-state index contributed by atoms with van der Waals surface area (Å²) in [6.07, 6.45) is -1.60. The standard InChI is InChI=1S/C6H6F3N3O/c7-6(8,9)12-3-1-2-4(11-12)5(10)13/h1-3,11H,(H2,10,13). The molecule has 0 aromatic heterocycles. The van der Waals surface area contributed by atoms with Crippen LogP contribution in [0.15, 0.2) is 24.0 Å². The van der Waals surface area contributed by atoms with Crippen LogP contribution in [0.2, 0.25) is 0 Å². The van der Waals surface area contributed by atoms with Crippen molar-refractivity contribution in [1.29, 1.82) is 0 Å². The molecule has 3 N–H and O–H groups in total. The van der Waals surface area contributed by atoms with Crippen LogP contribution in [0.1, 0.15) is 0 Å². The largest absolute Gasteiger partial charge is 0.502 e. The lowest BCUT2D eigenvalue weighted by Crippen LogP contribution is -2.47. The van der Waals surface area contributed by atoms with Crippen molar-refractivity contribution < 1.29 is 18.0 Å². The maximum absolute atomic E-state index is 12.0. The molecule has 0 unspecified atom stereocenters. The summed E-state index contributed by atoms with van der Waals surface area (Å²) in [5, 5.41) is -0.160. The topological polar surface area (TPSA) is 58.4 Å². The number of carbonyl (C=O) groups is 1. The Morgan fingerprint density at radius 1 is 1.54 bits per heavy atom. The van der Waals surface area contributed by atoms with Crippen molar-refractivity contribution >= 4 is 5.91 Å². The zero-order valence-electron chi connectivity index (χ0n) is 6.30. The second-order valence-corrected chi connectivity index (χ2v) is 2.24. The number of hydrazine groups is 1. The Balaban J connectivity index is 2.76. The molecule has 0 aromatic rings. The van der Waals surface area contributed by atoms with Crippen LogP contribution in [0, 0.1) is 0 Å². The lowest BCUT2D eigenvalue weighted by atomic mass is 10.3. The van der Waals surface area contributed by atoms with E-state index in [2.05, 4.69) is 0 Å². The minimum Gasteiger partial charge on any atom is -0.364 e. The summed E-state index contributed by atoms with van der Waals surface area (Å²) in [7, 11) is 0. The molecule has 4 nitrogen and oxygen atoms in total. The quantitative estimate of drug-likeness (QED) is 0.585. The van der Waals surface area contributed by atoms with Gasteiger partial charge in [0.15, 0.2) is 0 Å². The smallest absolute Gasteiger partial charge is 0.364 e. The summed E-state index contributed by atoms with van der Waals surface area (Å²) >= 11 is 0. The highest BCUT2D eigenvalue weighted by molar-refractivity contribution is 5.91. The molecule has 1 amide bonds. The third kappa shape index (κ3) is 2.14. The fourth-order valence-electron chi connectivity index (χ4n) is 0.715. The van der Waals surface area contributed by atoms with E-state index in [1.54, 1.807) is 5.43 Å². The van der Waals surface area contributed by atoms with Gasteiger partial charge in [-0.3, -0.25) is 10.2 Å². The summed E-state index contributed by atoms with van der Waals surface area (Å²) in [6, 6.07) is 0. The van der Waals surface area contributed by atoms with Gasteiger partial charge in [0.05, 0.1) is 0 Å². The molecule has 0 aromatic carbocycles. The van der Waals surface area contributed by atoms with Crippen LogP contribution in [0.4, 0.5) is 13.2 Å². The molecule has 0 radical (unpaired) electrons. The Labute approximate surface area is 71.5 Å². The summed E-state index contributed by atoms with van der Waals surface area (Å²) in [5.41, 5.74) is 6.27. The third-order valence-corrected chi connectivity index (χ3v) is 1.28. The molecular weight excluding hydrogens is 187 g/mol. The molecule has 1 rings (SSSR count). The number of hydrogen-bond donors (Lipinski definition) is 2. The lowest BCUT2D eigenvalue weighted by Gasteiger charge is -2.26. The fraction of sp³-hybridized carbons (Fsp3) is 0.167. The molecule has 13 heavy (non-hydrogen) atoms. The van der Waals surface area contributed by atoms with Gasteiger partial charge in [-0.15, -0.1) is 13.2 Å². The van der Waals surface area contributed by atoms with E-state index in [0.717, 1.165) is 18.4 Å². The first-order valence-corrected chi connectivity index (χ1v) is 3.22. The molecule has 1 aliphatic heterocycles. The van der Waals surface area contributed by atoms with Crippen LogP contribution >= 0.6 is 0 Å². The van der Waals surface area contributed by atoms with E-state index in [4.69, 9.17) is 5.73 Å². The number of amides is 1.